The van der Waals surface area contributed by atoms with E-state index in [-0.39, 0.29) is 6.10 Å². The van der Waals surface area contributed by atoms with Gasteiger partial charge in [-0.25, -0.2) is 0 Å². The van der Waals surface area contributed by atoms with Crippen LogP contribution in [0.1, 0.15) is 19.3 Å². The van der Waals surface area contributed by atoms with Crippen molar-refractivity contribution < 1.29 is 5.11 Å². The highest BCUT2D eigenvalue weighted by Crippen LogP contribution is 2.16. The Kier molecular flexibility index (Phi) is 5.22. The van der Waals surface area contributed by atoms with E-state index in [0.717, 1.165) is 45.8 Å². The summed E-state index contributed by atoms with van der Waals surface area (Å²) in [5.41, 5.74) is 0. The second-order valence-corrected chi connectivity index (χ2v) is 5.63. The zero-order valence-electron chi connectivity index (χ0n) is 11.1. The minimum Gasteiger partial charge on any atom is -0.391 e. The monoisotopic (exact) mass is 241 g/mol. The molecule has 2 N–H and O–H groups in total. The molecule has 0 saturated carbocycles. The van der Waals surface area contributed by atoms with Crippen molar-refractivity contribution in [3.05, 3.63) is 0 Å². The summed E-state index contributed by atoms with van der Waals surface area (Å²) in [7, 11) is 2.17. The molecule has 17 heavy (non-hydrogen) atoms. The fraction of sp³-hybridized carbons (Fsp3) is 1.00. The van der Waals surface area contributed by atoms with E-state index in [9.17, 15) is 5.11 Å². The van der Waals surface area contributed by atoms with Crippen molar-refractivity contribution in [1.29, 1.82) is 0 Å². The van der Waals surface area contributed by atoms with Gasteiger partial charge in [0, 0.05) is 39.3 Å². The third kappa shape index (κ3) is 4.21. The van der Waals surface area contributed by atoms with Crippen LogP contribution in [0.15, 0.2) is 0 Å². The van der Waals surface area contributed by atoms with Crippen LogP contribution in [0, 0.1) is 5.92 Å². The van der Waals surface area contributed by atoms with Crippen LogP contribution in [0.25, 0.3) is 0 Å². The second-order valence-electron chi connectivity index (χ2n) is 5.63. The molecule has 0 aliphatic carbocycles. The number of aliphatic hydroxyl groups is 1. The highest BCUT2D eigenvalue weighted by Gasteiger charge is 2.24. The van der Waals surface area contributed by atoms with E-state index >= 15 is 0 Å². The molecule has 2 aliphatic heterocycles. The maximum atomic E-state index is 10.3. The molecule has 2 rings (SSSR count). The molecule has 0 amide bonds. The minimum atomic E-state index is -0.149. The first kappa shape index (κ1) is 13.3. The van der Waals surface area contributed by atoms with Crippen LogP contribution in [0.2, 0.25) is 0 Å². The van der Waals surface area contributed by atoms with Crippen LogP contribution < -0.4 is 5.32 Å². The molecule has 2 fully saturated rings. The van der Waals surface area contributed by atoms with Crippen LogP contribution in [0.3, 0.4) is 0 Å². The normalized spacial score (nSPS) is 31.1. The number of nitrogens with one attached hydrogen (secondary N) is 1. The molecule has 4 heteroatoms. The Hall–Kier alpha value is -0.160. The Morgan fingerprint density at radius 1 is 1.24 bits per heavy atom. The summed E-state index contributed by atoms with van der Waals surface area (Å²) < 4.78 is 0. The highest BCUT2D eigenvalue weighted by molar-refractivity contribution is 4.79. The van der Waals surface area contributed by atoms with E-state index in [2.05, 4.69) is 22.2 Å². The third-order valence-electron chi connectivity index (χ3n) is 4.17. The highest BCUT2D eigenvalue weighted by atomic mass is 16.3. The molecular weight excluding hydrogens is 214 g/mol. The zero-order valence-corrected chi connectivity index (χ0v) is 11.1. The molecule has 0 aromatic carbocycles. The Balaban J connectivity index is 1.73. The summed E-state index contributed by atoms with van der Waals surface area (Å²) >= 11 is 0. The van der Waals surface area contributed by atoms with Gasteiger partial charge in [0.1, 0.15) is 0 Å². The molecule has 4 nitrogen and oxygen atoms in total. The van der Waals surface area contributed by atoms with Crippen molar-refractivity contribution in [3.63, 3.8) is 0 Å². The molecule has 2 atom stereocenters. The lowest BCUT2D eigenvalue weighted by molar-refractivity contribution is 0.0437. The fourth-order valence-electron chi connectivity index (χ4n) is 2.82. The van der Waals surface area contributed by atoms with Crippen molar-refractivity contribution in [2.24, 2.45) is 5.92 Å². The van der Waals surface area contributed by atoms with Crippen molar-refractivity contribution >= 4 is 0 Å². The molecule has 2 saturated heterocycles. The topological polar surface area (TPSA) is 38.7 Å². The lowest BCUT2D eigenvalue weighted by Gasteiger charge is -2.35. The van der Waals surface area contributed by atoms with Gasteiger partial charge in [-0.2, -0.15) is 0 Å². The number of aliphatic hydroxyl groups excluding tert-OH is 1. The van der Waals surface area contributed by atoms with E-state index in [1.807, 2.05) is 0 Å². The Morgan fingerprint density at radius 3 is 2.76 bits per heavy atom. The molecular formula is C13H27N3O. The molecule has 2 aliphatic rings. The second kappa shape index (κ2) is 6.69. The van der Waals surface area contributed by atoms with E-state index in [4.69, 9.17) is 0 Å². The summed E-state index contributed by atoms with van der Waals surface area (Å²) in [5.74, 6) is 0.456. The van der Waals surface area contributed by atoms with Crippen LogP contribution >= 0.6 is 0 Å². The first-order chi connectivity index (χ1) is 8.25. The van der Waals surface area contributed by atoms with E-state index in [1.54, 1.807) is 0 Å². The Morgan fingerprint density at radius 2 is 2.00 bits per heavy atom. The summed E-state index contributed by atoms with van der Waals surface area (Å²) in [6.07, 6.45) is 3.56. The molecule has 100 valence electrons. The predicted molar refractivity (Wildman–Crippen MR) is 70.2 cm³/mol. The molecule has 0 spiro atoms. The summed E-state index contributed by atoms with van der Waals surface area (Å²) in [6.45, 7) is 7.46. The van der Waals surface area contributed by atoms with Crippen molar-refractivity contribution in [3.8, 4) is 0 Å². The Bertz CT molecular complexity index is 209. The average Bonchev–Trinajstić information content (AvgIpc) is 2.61. The lowest BCUT2D eigenvalue weighted by atomic mass is 9.96. The third-order valence-corrected chi connectivity index (χ3v) is 4.17. The van der Waals surface area contributed by atoms with Gasteiger partial charge in [-0.05, 0) is 32.4 Å². The number of hydrogen-bond acceptors (Lipinski definition) is 4. The van der Waals surface area contributed by atoms with Gasteiger partial charge in [0.15, 0.2) is 0 Å². The van der Waals surface area contributed by atoms with Gasteiger partial charge in [-0.3, -0.25) is 4.90 Å². The van der Waals surface area contributed by atoms with Crippen molar-refractivity contribution in [1.82, 2.24) is 15.1 Å². The molecule has 0 bridgehead atoms. The largest absolute Gasteiger partial charge is 0.391 e. The molecule has 0 aromatic rings. The summed E-state index contributed by atoms with van der Waals surface area (Å²) in [4.78, 5) is 4.77. The maximum absolute atomic E-state index is 10.3. The van der Waals surface area contributed by atoms with Crippen LogP contribution in [0.5, 0.6) is 0 Å². The van der Waals surface area contributed by atoms with Crippen LogP contribution in [0.4, 0.5) is 0 Å². The SMILES string of the molecule is CN1CCN(CC(O)C2CCCCNC2)CC1. The van der Waals surface area contributed by atoms with Crippen molar-refractivity contribution in [2.45, 2.75) is 25.4 Å². The number of nitrogens with zero attached hydrogens (tertiary/aromatic N) is 2. The van der Waals surface area contributed by atoms with Gasteiger partial charge < -0.3 is 15.3 Å². The maximum Gasteiger partial charge on any atom is 0.0707 e. The first-order valence-corrected chi connectivity index (χ1v) is 7.05. The van der Waals surface area contributed by atoms with Crippen molar-refractivity contribution in [2.75, 3.05) is 52.9 Å². The number of β-amino-alcohol motifs (C(OH)–C–C–N with tert-alkyl or cyclic N) is 1. The van der Waals surface area contributed by atoms with Crippen LogP contribution in [-0.2, 0) is 0 Å². The number of hydrogen-bond donors (Lipinski definition) is 2. The number of rotatable bonds is 3. The smallest absolute Gasteiger partial charge is 0.0707 e. The predicted octanol–water partition coefficient (Wildman–Crippen LogP) is -0.0156. The van der Waals surface area contributed by atoms with Gasteiger partial charge in [0.2, 0.25) is 0 Å². The summed E-state index contributed by atoms with van der Waals surface area (Å²) in [6, 6.07) is 0. The number of piperazine rings is 1. The standard InChI is InChI=1S/C13H27N3O/c1-15-6-8-16(9-7-15)11-13(17)12-4-2-3-5-14-10-12/h12-14,17H,2-11H2,1H3. The van der Waals surface area contributed by atoms with Gasteiger partial charge in [0.25, 0.3) is 0 Å². The van der Waals surface area contributed by atoms with E-state index in [1.165, 1.54) is 19.3 Å². The van der Waals surface area contributed by atoms with Gasteiger partial charge in [0.05, 0.1) is 6.10 Å². The first-order valence-electron chi connectivity index (χ1n) is 7.05. The summed E-state index contributed by atoms with van der Waals surface area (Å²) in [5, 5.41) is 13.8. The minimum absolute atomic E-state index is 0.149. The van der Waals surface area contributed by atoms with Gasteiger partial charge in [-0.1, -0.05) is 6.42 Å². The van der Waals surface area contributed by atoms with E-state index in [0.29, 0.717) is 5.92 Å². The lowest BCUT2D eigenvalue weighted by Crippen LogP contribution is -2.48. The Labute approximate surface area is 105 Å². The van der Waals surface area contributed by atoms with Gasteiger partial charge >= 0.3 is 0 Å². The number of likely N-dealkylation sites (N-methyl/N-ethyl adjacent to an activating group) is 1. The average molecular weight is 241 g/mol. The molecule has 2 heterocycles. The molecule has 0 aromatic heterocycles. The zero-order chi connectivity index (χ0) is 12.1. The van der Waals surface area contributed by atoms with E-state index < -0.39 is 0 Å². The van der Waals surface area contributed by atoms with Crippen LogP contribution in [-0.4, -0.2) is 73.9 Å². The van der Waals surface area contributed by atoms with Gasteiger partial charge in [-0.15, -0.1) is 0 Å². The molecule has 0 radical (unpaired) electrons. The molecule has 2 unspecified atom stereocenters. The fourth-order valence-corrected chi connectivity index (χ4v) is 2.82. The quantitative estimate of drug-likeness (QED) is 0.729.